The average molecular weight is 244 g/mol. The van der Waals surface area contributed by atoms with Crippen molar-refractivity contribution in [2.45, 2.75) is 12.8 Å². The van der Waals surface area contributed by atoms with Gasteiger partial charge in [0, 0.05) is 12.1 Å². The van der Waals surface area contributed by atoms with Crippen LogP contribution in [0.2, 0.25) is 0 Å². The van der Waals surface area contributed by atoms with Gasteiger partial charge in [0.2, 0.25) is 10.0 Å². The summed E-state index contributed by atoms with van der Waals surface area (Å²) in [6, 6.07) is 5.76. The molecule has 0 bridgehead atoms. The lowest BCUT2D eigenvalue weighted by Crippen LogP contribution is -2.20. The lowest BCUT2D eigenvalue weighted by atomic mass is 10.0. The number of nitro benzene ring substituents is 1. The predicted molar refractivity (Wildman–Crippen MR) is 59.5 cm³/mol. The van der Waals surface area contributed by atoms with E-state index in [0.717, 1.165) is 0 Å². The number of hydrogen-bond acceptors (Lipinski definition) is 4. The molecule has 0 aliphatic heterocycles. The molecule has 1 rings (SSSR count). The van der Waals surface area contributed by atoms with Crippen molar-refractivity contribution in [2.75, 3.05) is 5.75 Å². The topological polar surface area (TPSA) is 103 Å². The fourth-order valence-electron chi connectivity index (χ4n) is 1.37. The number of benzene rings is 1. The Balaban J connectivity index is 2.86. The number of nitrogens with two attached hydrogens (primary N) is 1. The van der Waals surface area contributed by atoms with Crippen LogP contribution in [0.1, 0.15) is 18.4 Å². The second-order valence-electron chi connectivity index (χ2n) is 3.58. The summed E-state index contributed by atoms with van der Waals surface area (Å²) in [7, 11) is -3.53. The number of sulfonamides is 1. The van der Waals surface area contributed by atoms with E-state index in [2.05, 4.69) is 0 Å². The van der Waals surface area contributed by atoms with Crippen LogP contribution >= 0.6 is 0 Å². The SMILES string of the molecule is CC(CS(N)(=O)=O)c1ccc([N+](=O)[O-])cc1. The first-order valence-electron chi connectivity index (χ1n) is 4.54. The van der Waals surface area contributed by atoms with Gasteiger partial charge in [-0.25, -0.2) is 13.6 Å². The first-order valence-corrected chi connectivity index (χ1v) is 6.26. The summed E-state index contributed by atoms with van der Waals surface area (Å²) < 4.78 is 21.7. The molecule has 0 aliphatic carbocycles. The molecule has 0 spiro atoms. The molecule has 0 heterocycles. The van der Waals surface area contributed by atoms with E-state index in [0.29, 0.717) is 5.56 Å². The summed E-state index contributed by atoms with van der Waals surface area (Å²) in [4.78, 5) is 9.89. The number of non-ortho nitro benzene ring substituents is 1. The van der Waals surface area contributed by atoms with Gasteiger partial charge in [-0.1, -0.05) is 19.1 Å². The lowest BCUT2D eigenvalue weighted by molar-refractivity contribution is -0.384. The van der Waals surface area contributed by atoms with E-state index >= 15 is 0 Å². The maximum absolute atomic E-state index is 10.9. The Labute approximate surface area is 93.3 Å². The van der Waals surface area contributed by atoms with Crippen LogP contribution in [0.15, 0.2) is 24.3 Å². The summed E-state index contributed by atoms with van der Waals surface area (Å²) in [5, 5.41) is 15.3. The quantitative estimate of drug-likeness (QED) is 0.629. The van der Waals surface area contributed by atoms with E-state index in [1.807, 2.05) is 0 Å². The third-order valence-electron chi connectivity index (χ3n) is 2.16. The van der Waals surface area contributed by atoms with Gasteiger partial charge in [-0.15, -0.1) is 0 Å². The van der Waals surface area contributed by atoms with Crippen LogP contribution in [-0.2, 0) is 10.0 Å². The van der Waals surface area contributed by atoms with Gasteiger partial charge in [0.15, 0.2) is 0 Å². The minimum Gasteiger partial charge on any atom is -0.258 e. The van der Waals surface area contributed by atoms with Crippen molar-refractivity contribution in [3.05, 3.63) is 39.9 Å². The van der Waals surface area contributed by atoms with Gasteiger partial charge in [0.05, 0.1) is 10.7 Å². The van der Waals surface area contributed by atoms with Crippen LogP contribution in [0.25, 0.3) is 0 Å². The van der Waals surface area contributed by atoms with E-state index < -0.39 is 14.9 Å². The summed E-state index contributed by atoms with van der Waals surface area (Å²) in [5.74, 6) is -0.457. The minimum absolute atomic E-state index is 0.0217. The van der Waals surface area contributed by atoms with Crippen LogP contribution in [0.5, 0.6) is 0 Å². The summed E-state index contributed by atoms with van der Waals surface area (Å²) in [5.41, 5.74) is 0.686. The average Bonchev–Trinajstić information content (AvgIpc) is 2.15. The maximum atomic E-state index is 10.9. The number of nitrogens with zero attached hydrogens (tertiary/aromatic N) is 1. The normalized spacial score (nSPS) is 13.4. The zero-order chi connectivity index (χ0) is 12.3. The largest absolute Gasteiger partial charge is 0.269 e. The Morgan fingerprint density at radius 3 is 2.25 bits per heavy atom. The zero-order valence-electron chi connectivity index (χ0n) is 8.66. The molecular weight excluding hydrogens is 232 g/mol. The van der Waals surface area contributed by atoms with Crippen LogP contribution in [0, 0.1) is 10.1 Å². The van der Waals surface area contributed by atoms with Crippen molar-refractivity contribution < 1.29 is 13.3 Å². The first-order chi connectivity index (χ1) is 7.29. The van der Waals surface area contributed by atoms with E-state index in [4.69, 9.17) is 5.14 Å². The van der Waals surface area contributed by atoms with Crippen molar-refractivity contribution in [3.63, 3.8) is 0 Å². The lowest BCUT2D eigenvalue weighted by Gasteiger charge is -2.09. The molecule has 7 heteroatoms. The standard InChI is InChI=1S/C9H12N2O4S/c1-7(6-16(10,14)15)8-2-4-9(5-3-8)11(12)13/h2-5,7H,6H2,1H3,(H2,10,14,15). The van der Waals surface area contributed by atoms with Gasteiger partial charge >= 0.3 is 0 Å². The van der Waals surface area contributed by atoms with Crippen LogP contribution in [-0.4, -0.2) is 19.1 Å². The third kappa shape index (κ3) is 3.59. The number of hydrogen-bond donors (Lipinski definition) is 1. The van der Waals surface area contributed by atoms with Gasteiger partial charge in [0.1, 0.15) is 0 Å². The molecule has 0 radical (unpaired) electrons. The number of primary sulfonamides is 1. The molecule has 0 aromatic heterocycles. The summed E-state index contributed by atoms with van der Waals surface area (Å²) in [6.45, 7) is 1.70. The highest BCUT2D eigenvalue weighted by Crippen LogP contribution is 2.19. The van der Waals surface area contributed by atoms with E-state index in [1.165, 1.54) is 24.3 Å². The molecule has 0 aliphatic rings. The van der Waals surface area contributed by atoms with Crippen molar-refractivity contribution in [1.82, 2.24) is 0 Å². The van der Waals surface area contributed by atoms with Gasteiger partial charge < -0.3 is 0 Å². The Morgan fingerprint density at radius 2 is 1.88 bits per heavy atom. The molecule has 6 nitrogen and oxygen atoms in total. The molecular formula is C9H12N2O4S. The van der Waals surface area contributed by atoms with E-state index in [9.17, 15) is 18.5 Å². The van der Waals surface area contributed by atoms with Crippen LogP contribution in [0.4, 0.5) is 5.69 Å². The summed E-state index contributed by atoms with van der Waals surface area (Å²) >= 11 is 0. The summed E-state index contributed by atoms with van der Waals surface area (Å²) in [6.07, 6.45) is 0. The molecule has 1 atom stereocenters. The molecule has 0 fully saturated rings. The highest BCUT2D eigenvalue weighted by Gasteiger charge is 2.14. The smallest absolute Gasteiger partial charge is 0.258 e. The molecule has 0 saturated heterocycles. The van der Waals surface area contributed by atoms with Gasteiger partial charge in [-0.2, -0.15) is 0 Å². The van der Waals surface area contributed by atoms with Crippen molar-refractivity contribution in [2.24, 2.45) is 5.14 Å². The number of nitro groups is 1. The molecule has 16 heavy (non-hydrogen) atoms. The van der Waals surface area contributed by atoms with Gasteiger partial charge in [-0.3, -0.25) is 10.1 Å². The highest BCUT2D eigenvalue weighted by molar-refractivity contribution is 7.89. The van der Waals surface area contributed by atoms with E-state index in [1.54, 1.807) is 6.92 Å². The molecule has 0 amide bonds. The Hall–Kier alpha value is -1.47. The van der Waals surface area contributed by atoms with Crippen molar-refractivity contribution >= 4 is 15.7 Å². The van der Waals surface area contributed by atoms with Crippen LogP contribution in [0.3, 0.4) is 0 Å². The Bertz CT molecular complexity index is 481. The first kappa shape index (κ1) is 12.6. The number of rotatable bonds is 4. The predicted octanol–water partition coefficient (Wildman–Crippen LogP) is 0.987. The van der Waals surface area contributed by atoms with Gasteiger partial charge in [0.25, 0.3) is 5.69 Å². The maximum Gasteiger partial charge on any atom is 0.269 e. The highest BCUT2D eigenvalue weighted by atomic mass is 32.2. The second-order valence-corrected chi connectivity index (χ2v) is 5.24. The minimum atomic E-state index is -3.53. The Morgan fingerprint density at radius 1 is 1.38 bits per heavy atom. The molecule has 1 unspecified atom stereocenters. The monoisotopic (exact) mass is 244 g/mol. The fraction of sp³-hybridized carbons (Fsp3) is 0.333. The molecule has 2 N–H and O–H groups in total. The fourth-order valence-corrected chi connectivity index (χ4v) is 2.26. The molecule has 88 valence electrons. The van der Waals surface area contributed by atoms with Crippen molar-refractivity contribution in [3.8, 4) is 0 Å². The molecule has 0 saturated carbocycles. The second kappa shape index (κ2) is 4.58. The third-order valence-corrected chi connectivity index (χ3v) is 3.12. The zero-order valence-corrected chi connectivity index (χ0v) is 9.48. The van der Waals surface area contributed by atoms with E-state index in [-0.39, 0.29) is 17.4 Å². The van der Waals surface area contributed by atoms with Crippen LogP contribution < -0.4 is 5.14 Å². The van der Waals surface area contributed by atoms with Crippen molar-refractivity contribution in [1.29, 1.82) is 0 Å². The Kier molecular flexibility index (Phi) is 3.61. The molecule has 1 aromatic carbocycles. The van der Waals surface area contributed by atoms with Gasteiger partial charge in [-0.05, 0) is 11.5 Å². The molecule has 1 aromatic rings.